The number of hydrogen-bond donors (Lipinski definition) is 4. The van der Waals surface area contributed by atoms with Crippen LogP contribution >= 0.6 is 0 Å². The van der Waals surface area contributed by atoms with E-state index in [0.29, 0.717) is 29.7 Å². The summed E-state index contributed by atoms with van der Waals surface area (Å²) in [5, 5.41) is 11.3. The third kappa shape index (κ3) is 2.67. The van der Waals surface area contributed by atoms with Crippen LogP contribution in [0.1, 0.15) is 12.0 Å². The summed E-state index contributed by atoms with van der Waals surface area (Å²) in [5.41, 5.74) is 2.39. The number of aromatic nitrogens is 4. The van der Waals surface area contributed by atoms with Crippen LogP contribution in [0.4, 0.5) is 5.82 Å². The number of anilines is 1. The number of aryl methyl sites for hydroxylation is 1. The monoisotopic (exact) mass is 321 g/mol. The van der Waals surface area contributed by atoms with Crippen LogP contribution in [-0.4, -0.2) is 26.1 Å². The zero-order valence-electron chi connectivity index (χ0n) is 12.7. The summed E-state index contributed by atoms with van der Waals surface area (Å²) in [4.78, 5) is 29.2. The first-order valence-corrected chi connectivity index (χ1v) is 7.62. The van der Waals surface area contributed by atoms with Crippen molar-refractivity contribution in [3.05, 3.63) is 58.5 Å². The highest BCUT2D eigenvalue weighted by Gasteiger charge is 2.10. The summed E-state index contributed by atoms with van der Waals surface area (Å²) in [6, 6.07) is 11.2. The molecule has 4 N–H and O–H groups in total. The quantitative estimate of drug-likeness (QED) is 0.463. The zero-order valence-corrected chi connectivity index (χ0v) is 12.7. The predicted octanol–water partition coefficient (Wildman–Crippen LogP) is 2.30. The van der Waals surface area contributed by atoms with Gasteiger partial charge in [-0.3, -0.25) is 14.7 Å². The van der Waals surface area contributed by atoms with E-state index in [-0.39, 0.29) is 11.5 Å². The van der Waals surface area contributed by atoms with E-state index in [4.69, 9.17) is 0 Å². The van der Waals surface area contributed by atoms with Gasteiger partial charge in [-0.1, -0.05) is 6.07 Å². The van der Waals surface area contributed by atoms with Gasteiger partial charge in [0.25, 0.3) is 0 Å². The average molecular weight is 321 g/mol. The molecule has 0 radical (unpaired) electrons. The summed E-state index contributed by atoms with van der Waals surface area (Å²) >= 11 is 0. The van der Waals surface area contributed by atoms with Gasteiger partial charge in [0, 0.05) is 24.2 Å². The van der Waals surface area contributed by atoms with Gasteiger partial charge in [0.05, 0.1) is 5.39 Å². The number of amides is 1. The lowest BCUT2D eigenvalue weighted by Crippen LogP contribution is -2.13. The number of H-pyrrole nitrogens is 3. The largest absolute Gasteiger partial charge is 0.361 e. The maximum atomic E-state index is 12.2. The van der Waals surface area contributed by atoms with Crippen molar-refractivity contribution in [1.29, 1.82) is 0 Å². The first kappa shape index (κ1) is 14.3. The second kappa shape index (κ2) is 5.69. The van der Waals surface area contributed by atoms with Crippen molar-refractivity contribution < 1.29 is 4.79 Å². The number of rotatable bonds is 4. The SMILES string of the molecule is O=C(CCc1ccc2[nH]ccc2c1)Nc1[nH]nc2[nH]c(=O)ccc12. The van der Waals surface area contributed by atoms with Gasteiger partial charge in [-0.15, -0.1) is 0 Å². The number of carbonyl (C=O) groups excluding carboxylic acids is 1. The molecule has 4 rings (SSSR count). The highest BCUT2D eigenvalue weighted by molar-refractivity contribution is 5.98. The third-order valence-electron chi connectivity index (χ3n) is 3.97. The normalized spacial score (nSPS) is 11.2. The van der Waals surface area contributed by atoms with Crippen molar-refractivity contribution in [2.24, 2.45) is 0 Å². The molecule has 0 aliphatic heterocycles. The van der Waals surface area contributed by atoms with Crippen LogP contribution in [0, 0.1) is 0 Å². The van der Waals surface area contributed by atoms with Crippen molar-refractivity contribution in [2.45, 2.75) is 12.8 Å². The number of aromatic amines is 3. The van der Waals surface area contributed by atoms with Crippen LogP contribution in [0.3, 0.4) is 0 Å². The summed E-state index contributed by atoms with van der Waals surface area (Å²) in [6.45, 7) is 0. The van der Waals surface area contributed by atoms with Gasteiger partial charge >= 0.3 is 0 Å². The van der Waals surface area contributed by atoms with Gasteiger partial charge in [0.1, 0.15) is 5.82 Å². The molecule has 4 aromatic rings. The van der Waals surface area contributed by atoms with E-state index < -0.39 is 0 Å². The van der Waals surface area contributed by atoms with Crippen molar-refractivity contribution >= 4 is 33.7 Å². The lowest BCUT2D eigenvalue weighted by atomic mass is 10.1. The fraction of sp³-hybridized carbons (Fsp3) is 0.118. The van der Waals surface area contributed by atoms with E-state index in [2.05, 4.69) is 31.5 Å². The standard InChI is InChI=1S/C17H15N5O2/c23-14(5-2-10-1-4-13-11(9-10)7-8-18-13)19-16-12-3-6-15(24)20-17(12)22-21-16/h1,3-4,6-9,18H,2,5H2,(H3,19,20,21,22,23,24). The zero-order chi connectivity index (χ0) is 16.5. The Labute approximate surface area is 136 Å². The Hall–Kier alpha value is -3.35. The van der Waals surface area contributed by atoms with Gasteiger partial charge in [0.2, 0.25) is 11.5 Å². The maximum absolute atomic E-state index is 12.2. The van der Waals surface area contributed by atoms with Crippen molar-refractivity contribution in [1.82, 2.24) is 20.2 Å². The number of carbonyl (C=O) groups is 1. The molecule has 0 saturated heterocycles. The summed E-state index contributed by atoms with van der Waals surface area (Å²) in [5.74, 6) is 0.383. The molecular weight excluding hydrogens is 306 g/mol. The second-order valence-electron chi connectivity index (χ2n) is 5.63. The van der Waals surface area contributed by atoms with E-state index in [0.717, 1.165) is 16.5 Å². The summed E-state index contributed by atoms with van der Waals surface area (Å²) in [7, 11) is 0. The molecule has 0 atom stereocenters. The average Bonchev–Trinajstić information content (AvgIpc) is 3.19. The molecule has 7 heteroatoms. The first-order chi connectivity index (χ1) is 11.7. The second-order valence-corrected chi connectivity index (χ2v) is 5.63. The van der Waals surface area contributed by atoms with E-state index in [1.165, 1.54) is 6.07 Å². The molecule has 0 spiro atoms. The molecule has 0 aliphatic carbocycles. The minimum Gasteiger partial charge on any atom is -0.361 e. The smallest absolute Gasteiger partial charge is 0.249 e. The fourth-order valence-electron chi connectivity index (χ4n) is 2.74. The molecule has 24 heavy (non-hydrogen) atoms. The van der Waals surface area contributed by atoms with Crippen LogP contribution in [0.5, 0.6) is 0 Å². The maximum Gasteiger partial charge on any atom is 0.249 e. The van der Waals surface area contributed by atoms with Crippen molar-refractivity contribution in [3.8, 4) is 0 Å². The Balaban J connectivity index is 1.44. The molecule has 7 nitrogen and oxygen atoms in total. The molecular formula is C17H15N5O2. The van der Waals surface area contributed by atoms with E-state index in [9.17, 15) is 9.59 Å². The van der Waals surface area contributed by atoms with E-state index >= 15 is 0 Å². The Bertz CT molecular complexity index is 1090. The minimum atomic E-state index is -0.230. The molecule has 0 saturated carbocycles. The van der Waals surface area contributed by atoms with Crippen molar-refractivity contribution in [2.75, 3.05) is 5.32 Å². The number of nitrogens with zero attached hydrogens (tertiary/aromatic N) is 1. The molecule has 3 aromatic heterocycles. The van der Waals surface area contributed by atoms with Crippen LogP contribution in [0.15, 0.2) is 47.4 Å². The van der Waals surface area contributed by atoms with E-state index in [1.54, 1.807) is 6.07 Å². The molecule has 120 valence electrons. The van der Waals surface area contributed by atoms with Gasteiger partial charge in [-0.25, -0.2) is 0 Å². The van der Waals surface area contributed by atoms with Gasteiger partial charge < -0.3 is 15.3 Å². The Morgan fingerprint density at radius 3 is 3.00 bits per heavy atom. The van der Waals surface area contributed by atoms with Gasteiger partial charge in [0.15, 0.2) is 5.65 Å². The molecule has 0 unspecified atom stereocenters. The highest BCUT2D eigenvalue weighted by atomic mass is 16.1. The molecule has 1 amide bonds. The third-order valence-corrected chi connectivity index (χ3v) is 3.97. The fourth-order valence-corrected chi connectivity index (χ4v) is 2.74. The van der Waals surface area contributed by atoms with Gasteiger partial charge in [-0.05, 0) is 41.6 Å². The first-order valence-electron chi connectivity index (χ1n) is 7.62. The molecule has 0 fully saturated rings. The Morgan fingerprint density at radius 2 is 2.08 bits per heavy atom. The molecule has 1 aromatic carbocycles. The molecule has 0 aliphatic rings. The van der Waals surface area contributed by atoms with Crippen molar-refractivity contribution in [3.63, 3.8) is 0 Å². The highest BCUT2D eigenvalue weighted by Crippen LogP contribution is 2.18. The lowest BCUT2D eigenvalue weighted by Gasteiger charge is -2.04. The number of fused-ring (bicyclic) bond motifs is 2. The summed E-state index contributed by atoms with van der Waals surface area (Å²) in [6.07, 6.45) is 2.91. The number of nitrogens with one attached hydrogen (secondary N) is 4. The molecule has 0 bridgehead atoms. The van der Waals surface area contributed by atoms with Crippen LogP contribution < -0.4 is 10.9 Å². The van der Waals surface area contributed by atoms with E-state index in [1.807, 2.05) is 24.4 Å². The minimum absolute atomic E-state index is 0.110. The number of hydrogen-bond acceptors (Lipinski definition) is 3. The van der Waals surface area contributed by atoms with Crippen LogP contribution in [-0.2, 0) is 11.2 Å². The lowest BCUT2D eigenvalue weighted by molar-refractivity contribution is -0.116. The van der Waals surface area contributed by atoms with Gasteiger partial charge in [-0.2, -0.15) is 5.10 Å². The van der Waals surface area contributed by atoms with Crippen LogP contribution in [0.25, 0.3) is 21.9 Å². The Kier molecular flexibility index (Phi) is 3.38. The predicted molar refractivity (Wildman–Crippen MR) is 92.0 cm³/mol. The topological polar surface area (TPSA) is 106 Å². The number of pyridine rings is 1. The molecule has 3 heterocycles. The number of benzene rings is 1. The Morgan fingerprint density at radius 1 is 1.17 bits per heavy atom. The van der Waals surface area contributed by atoms with Crippen LogP contribution in [0.2, 0.25) is 0 Å². The summed E-state index contributed by atoms with van der Waals surface area (Å²) < 4.78 is 0.